The Morgan fingerprint density at radius 2 is 1.91 bits per heavy atom. The molecule has 1 fully saturated rings. The molecule has 3 rings (SSSR count). The Morgan fingerprint density at radius 1 is 1.21 bits per heavy atom. The summed E-state index contributed by atoms with van der Waals surface area (Å²) in [5, 5.41) is 8.36. The number of benzene rings is 1. The van der Waals surface area contributed by atoms with Gasteiger partial charge in [-0.25, -0.2) is 17.5 Å². The van der Waals surface area contributed by atoms with Crippen molar-refractivity contribution in [2.24, 2.45) is 0 Å². The van der Waals surface area contributed by atoms with Crippen LogP contribution >= 0.6 is 11.9 Å². The van der Waals surface area contributed by atoms with Crippen LogP contribution in [0.25, 0.3) is 0 Å². The van der Waals surface area contributed by atoms with E-state index in [0.717, 1.165) is 17.5 Å². The van der Waals surface area contributed by atoms with Crippen LogP contribution in [0.4, 0.5) is 13.2 Å². The van der Waals surface area contributed by atoms with Gasteiger partial charge in [-0.05, 0) is 11.6 Å². The molecule has 34 heavy (non-hydrogen) atoms. The van der Waals surface area contributed by atoms with Gasteiger partial charge in [-0.3, -0.25) is 14.6 Å². The Morgan fingerprint density at radius 3 is 2.56 bits per heavy atom. The lowest BCUT2D eigenvalue weighted by Gasteiger charge is -2.34. The second-order valence-electron chi connectivity index (χ2n) is 7.54. The maximum atomic E-state index is 13.9. The van der Waals surface area contributed by atoms with Gasteiger partial charge in [-0.2, -0.15) is 0 Å². The average Bonchev–Trinajstić information content (AvgIpc) is 2.82. The Kier molecular flexibility index (Phi) is 11.9. The summed E-state index contributed by atoms with van der Waals surface area (Å²) < 4.78 is 42.5. The van der Waals surface area contributed by atoms with Gasteiger partial charge in [0, 0.05) is 62.0 Å². The van der Waals surface area contributed by atoms with Crippen molar-refractivity contribution >= 4 is 23.8 Å². The Balaban J connectivity index is 0.00000129. The van der Waals surface area contributed by atoms with Gasteiger partial charge < -0.3 is 16.0 Å². The van der Waals surface area contributed by atoms with Crippen LogP contribution in [0.5, 0.6) is 0 Å². The molecular weight excluding hydrogens is 467 g/mol. The van der Waals surface area contributed by atoms with Crippen LogP contribution in [0.3, 0.4) is 0 Å². The summed E-state index contributed by atoms with van der Waals surface area (Å²) in [7, 11) is 0. The molecule has 0 spiro atoms. The van der Waals surface area contributed by atoms with E-state index in [-0.39, 0.29) is 29.7 Å². The van der Waals surface area contributed by atoms with Gasteiger partial charge in [0.15, 0.2) is 0 Å². The molecule has 0 bridgehead atoms. The molecule has 11 heteroatoms. The molecular formula is C23H30F3N5O2S. The van der Waals surface area contributed by atoms with Gasteiger partial charge in [0.1, 0.15) is 23.5 Å². The number of aromatic nitrogens is 1. The quantitative estimate of drug-likeness (QED) is 0.487. The van der Waals surface area contributed by atoms with Gasteiger partial charge in [0.2, 0.25) is 11.8 Å². The van der Waals surface area contributed by atoms with Crippen LogP contribution in [0, 0.1) is 17.5 Å². The molecule has 0 radical (unpaired) electrons. The van der Waals surface area contributed by atoms with E-state index in [1.807, 2.05) is 6.07 Å². The fraction of sp³-hybridized carbons (Fsp3) is 0.435. The highest BCUT2D eigenvalue weighted by molar-refractivity contribution is 7.96. The summed E-state index contributed by atoms with van der Waals surface area (Å²) in [5.74, 6) is -3.73. The predicted octanol–water partition coefficient (Wildman–Crippen LogP) is 2.77. The highest BCUT2D eigenvalue weighted by Gasteiger charge is 2.29. The fourth-order valence-electron chi connectivity index (χ4n) is 2.97. The van der Waals surface area contributed by atoms with Crippen LogP contribution in [0.2, 0.25) is 0 Å². The SMILES string of the molecule is CCC.O=C(CNC(=O)C1CNCCN1SCc1c(F)cc(F)cc1F)NCc1cccnc1. The number of nitrogens with one attached hydrogen (secondary N) is 3. The minimum atomic E-state index is -0.981. The summed E-state index contributed by atoms with van der Waals surface area (Å²) in [6.45, 7) is 5.72. The lowest BCUT2D eigenvalue weighted by atomic mass is 10.2. The van der Waals surface area contributed by atoms with Crippen LogP contribution in [-0.4, -0.2) is 53.3 Å². The van der Waals surface area contributed by atoms with E-state index in [1.165, 1.54) is 6.42 Å². The van der Waals surface area contributed by atoms with Crippen molar-refractivity contribution < 1.29 is 22.8 Å². The Bertz CT molecular complexity index is 913. The van der Waals surface area contributed by atoms with Crippen molar-refractivity contribution in [1.29, 1.82) is 0 Å². The third kappa shape index (κ3) is 8.96. The van der Waals surface area contributed by atoms with Crippen molar-refractivity contribution in [3.05, 3.63) is 65.2 Å². The van der Waals surface area contributed by atoms with Gasteiger partial charge in [-0.1, -0.05) is 38.3 Å². The number of amides is 2. The zero-order valence-electron chi connectivity index (χ0n) is 19.2. The maximum absolute atomic E-state index is 13.9. The van der Waals surface area contributed by atoms with E-state index in [9.17, 15) is 22.8 Å². The van der Waals surface area contributed by atoms with Crippen LogP contribution in [0.1, 0.15) is 31.4 Å². The van der Waals surface area contributed by atoms with Crippen molar-refractivity contribution in [2.75, 3.05) is 26.2 Å². The predicted molar refractivity (Wildman–Crippen MR) is 126 cm³/mol. The molecule has 1 aliphatic rings. The van der Waals surface area contributed by atoms with Crippen LogP contribution in [0.15, 0.2) is 36.7 Å². The monoisotopic (exact) mass is 497 g/mol. The zero-order valence-corrected chi connectivity index (χ0v) is 20.1. The van der Waals surface area contributed by atoms with Gasteiger partial charge in [0.25, 0.3) is 0 Å². The Labute approximate surface area is 202 Å². The van der Waals surface area contributed by atoms with Crippen molar-refractivity contribution in [2.45, 2.75) is 38.6 Å². The number of pyridine rings is 1. The van der Waals surface area contributed by atoms with Crippen molar-refractivity contribution in [3.8, 4) is 0 Å². The molecule has 3 N–H and O–H groups in total. The topological polar surface area (TPSA) is 86.4 Å². The number of rotatable bonds is 8. The normalized spacial score (nSPS) is 15.7. The van der Waals surface area contributed by atoms with E-state index in [1.54, 1.807) is 22.8 Å². The highest BCUT2D eigenvalue weighted by Crippen LogP contribution is 2.25. The summed E-state index contributed by atoms with van der Waals surface area (Å²) in [5.41, 5.74) is 0.584. The standard InChI is InChI=1S/C20H22F3N5O2S.C3H8/c21-14-6-16(22)15(17(23)7-14)12-31-28-5-4-25-10-18(28)20(30)27-11-19(29)26-9-13-2-1-3-24-8-13;1-3-2/h1-3,6-8,18,25H,4-5,9-12H2,(H,26,29)(H,27,30);3H2,1-2H3. The first-order chi connectivity index (χ1) is 16.3. The number of hydrogen-bond donors (Lipinski definition) is 3. The van der Waals surface area contributed by atoms with E-state index in [0.29, 0.717) is 38.3 Å². The van der Waals surface area contributed by atoms with Gasteiger partial charge in [-0.15, -0.1) is 0 Å². The van der Waals surface area contributed by atoms with E-state index in [4.69, 9.17) is 0 Å². The molecule has 186 valence electrons. The van der Waals surface area contributed by atoms with Gasteiger partial charge >= 0.3 is 0 Å². The molecule has 1 atom stereocenters. The molecule has 2 amide bonds. The third-order valence-electron chi connectivity index (χ3n) is 4.61. The van der Waals surface area contributed by atoms with Gasteiger partial charge in [0.05, 0.1) is 6.54 Å². The first-order valence-corrected chi connectivity index (χ1v) is 12.0. The molecule has 1 unspecified atom stereocenters. The molecule has 1 aromatic carbocycles. The first kappa shape index (κ1) is 27.6. The minimum absolute atomic E-state index is 0.0900. The van der Waals surface area contributed by atoms with Crippen LogP contribution in [-0.2, 0) is 21.9 Å². The summed E-state index contributed by atoms with van der Waals surface area (Å²) >= 11 is 1.09. The number of piperazine rings is 1. The Hall–Kier alpha value is -2.63. The van der Waals surface area contributed by atoms with E-state index >= 15 is 0 Å². The van der Waals surface area contributed by atoms with E-state index < -0.39 is 23.5 Å². The lowest BCUT2D eigenvalue weighted by Crippen LogP contribution is -2.56. The number of carbonyl (C=O) groups excluding carboxylic acids is 2. The maximum Gasteiger partial charge on any atom is 0.240 e. The zero-order chi connectivity index (χ0) is 24.9. The lowest BCUT2D eigenvalue weighted by molar-refractivity contribution is -0.128. The third-order valence-corrected chi connectivity index (χ3v) is 5.80. The van der Waals surface area contributed by atoms with Crippen molar-refractivity contribution in [1.82, 2.24) is 25.2 Å². The summed E-state index contributed by atoms with van der Waals surface area (Å²) in [6.07, 6.45) is 4.51. The second-order valence-corrected chi connectivity index (χ2v) is 8.56. The number of nitrogens with zero attached hydrogens (tertiary/aromatic N) is 2. The molecule has 0 saturated carbocycles. The minimum Gasteiger partial charge on any atom is -0.350 e. The molecule has 1 aromatic heterocycles. The highest BCUT2D eigenvalue weighted by atomic mass is 32.2. The largest absolute Gasteiger partial charge is 0.350 e. The molecule has 2 heterocycles. The fourth-order valence-corrected chi connectivity index (χ4v) is 4.11. The first-order valence-electron chi connectivity index (χ1n) is 11.0. The number of hydrogen-bond acceptors (Lipinski definition) is 6. The van der Waals surface area contributed by atoms with Crippen LogP contribution < -0.4 is 16.0 Å². The second kappa shape index (κ2) is 14.6. The molecule has 7 nitrogen and oxygen atoms in total. The molecule has 1 aliphatic heterocycles. The van der Waals surface area contributed by atoms with E-state index in [2.05, 4.69) is 34.8 Å². The number of carbonyl (C=O) groups is 2. The molecule has 1 saturated heterocycles. The summed E-state index contributed by atoms with van der Waals surface area (Å²) in [6, 6.07) is 4.21. The van der Waals surface area contributed by atoms with Crippen molar-refractivity contribution in [3.63, 3.8) is 0 Å². The molecule has 2 aromatic rings. The molecule has 0 aliphatic carbocycles. The number of halogens is 3. The summed E-state index contributed by atoms with van der Waals surface area (Å²) in [4.78, 5) is 28.5. The average molecular weight is 498 g/mol. The smallest absolute Gasteiger partial charge is 0.240 e.